The van der Waals surface area contributed by atoms with Crippen LogP contribution in [0.2, 0.25) is 0 Å². The van der Waals surface area contributed by atoms with Gasteiger partial charge in [0.05, 0.1) is 19.1 Å². The van der Waals surface area contributed by atoms with E-state index in [4.69, 9.17) is 0 Å². The van der Waals surface area contributed by atoms with E-state index in [0.29, 0.717) is 6.61 Å². The number of carbonyl (C=O) groups excluding carboxylic acids is 2. The molecule has 0 spiro atoms. The van der Waals surface area contributed by atoms with Crippen LogP contribution in [0.3, 0.4) is 0 Å². The lowest BCUT2D eigenvalue weighted by molar-refractivity contribution is -0.148. The predicted octanol–water partition coefficient (Wildman–Crippen LogP) is 1.30. The molecule has 0 N–H and O–H groups in total. The summed E-state index contributed by atoms with van der Waals surface area (Å²) in [5.74, 6) is -0.845. The van der Waals surface area contributed by atoms with E-state index in [-0.39, 0.29) is 0 Å². The number of hydrogen-bond donors (Lipinski definition) is 0. The molecule has 0 aliphatic rings. The van der Waals surface area contributed by atoms with E-state index in [9.17, 15) is 9.59 Å². The average Bonchev–Trinajstić information content (AvgIpc) is 2.14. The number of rotatable bonds is 4. The van der Waals surface area contributed by atoms with Crippen molar-refractivity contribution in [2.24, 2.45) is 5.41 Å². The molecule has 0 unspecified atom stereocenters. The van der Waals surface area contributed by atoms with Crippen LogP contribution >= 0.6 is 0 Å². The summed E-state index contributed by atoms with van der Waals surface area (Å²) in [6.45, 7) is 5.36. The number of ether oxygens (including phenoxy) is 2. The zero-order chi connectivity index (χ0) is 11.2. The Kier molecular flexibility index (Phi) is 4.91. The quantitative estimate of drug-likeness (QED) is 0.507. The maximum atomic E-state index is 11.2. The Morgan fingerprint density at radius 1 is 1.36 bits per heavy atom. The van der Waals surface area contributed by atoms with Crippen molar-refractivity contribution in [3.8, 4) is 0 Å². The summed E-state index contributed by atoms with van der Waals surface area (Å²) in [4.78, 5) is 22.1. The van der Waals surface area contributed by atoms with Crippen LogP contribution in [0.1, 0.15) is 20.8 Å². The van der Waals surface area contributed by atoms with Crippen molar-refractivity contribution < 1.29 is 19.1 Å². The molecule has 0 saturated heterocycles. The molecular formula is C10H16O4. The normalized spacial score (nSPS) is 11.4. The molecule has 0 aromatic heterocycles. The van der Waals surface area contributed by atoms with Crippen LogP contribution in [-0.2, 0) is 19.1 Å². The Morgan fingerprint density at radius 2 is 1.93 bits per heavy atom. The summed E-state index contributed by atoms with van der Waals surface area (Å²) in [6, 6.07) is 0. The second kappa shape index (κ2) is 5.42. The van der Waals surface area contributed by atoms with Crippen LogP contribution in [0.5, 0.6) is 0 Å². The largest absolute Gasteiger partial charge is 0.468 e. The molecule has 0 amide bonds. The molecule has 14 heavy (non-hydrogen) atoms. The van der Waals surface area contributed by atoms with Crippen molar-refractivity contribution in [3.63, 3.8) is 0 Å². The molecule has 0 aromatic carbocycles. The topological polar surface area (TPSA) is 52.6 Å². The molecule has 0 aliphatic heterocycles. The van der Waals surface area contributed by atoms with Gasteiger partial charge in [-0.2, -0.15) is 0 Å². The van der Waals surface area contributed by atoms with Gasteiger partial charge in [-0.1, -0.05) is 6.08 Å². The van der Waals surface area contributed by atoms with Gasteiger partial charge in [0.15, 0.2) is 0 Å². The standard InChI is InChI=1S/C10H16O4/c1-5-14-8(11)6-7-10(2,3)9(12)13-4/h6-7H,5H2,1-4H3/b7-6-. The third-order valence-electron chi connectivity index (χ3n) is 1.63. The Labute approximate surface area is 83.9 Å². The second-order valence-corrected chi connectivity index (χ2v) is 3.30. The zero-order valence-electron chi connectivity index (χ0n) is 8.99. The fourth-order valence-corrected chi connectivity index (χ4v) is 0.798. The highest BCUT2D eigenvalue weighted by Crippen LogP contribution is 2.18. The fourth-order valence-electron chi connectivity index (χ4n) is 0.798. The van der Waals surface area contributed by atoms with E-state index in [1.54, 1.807) is 20.8 Å². The van der Waals surface area contributed by atoms with E-state index in [1.165, 1.54) is 19.3 Å². The fraction of sp³-hybridized carbons (Fsp3) is 0.600. The summed E-state index contributed by atoms with van der Waals surface area (Å²) in [6.07, 6.45) is 2.71. The van der Waals surface area contributed by atoms with Gasteiger partial charge in [-0.15, -0.1) is 0 Å². The summed E-state index contributed by atoms with van der Waals surface area (Å²) in [5, 5.41) is 0. The van der Waals surface area contributed by atoms with Gasteiger partial charge >= 0.3 is 11.9 Å². The van der Waals surface area contributed by atoms with Crippen molar-refractivity contribution in [2.45, 2.75) is 20.8 Å². The van der Waals surface area contributed by atoms with E-state index in [0.717, 1.165) is 0 Å². The molecule has 0 radical (unpaired) electrons. The molecule has 0 aliphatic carbocycles. The third-order valence-corrected chi connectivity index (χ3v) is 1.63. The Balaban J connectivity index is 4.34. The third kappa shape index (κ3) is 4.07. The minimum Gasteiger partial charge on any atom is -0.468 e. The predicted molar refractivity (Wildman–Crippen MR) is 51.6 cm³/mol. The van der Waals surface area contributed by atoms with Crippen molar-refractivity contribution in [1.29, 1.82) is 0 Å². The lowest BCUT2D eigenvalue weighted by Crippen LogP contribution is -2.23. The highest BCUT2D eigenvalue weighted by Gasteiger charge is 2.25. The number of carbonyl (C=O) groups is 2. The first kappa shape index (κ1) is 12.7. The zero-order valence-corrected chi connectivity index (χ0v) is 8.99. The van der Waals surface area contributed by atoms with Gasteiger partial charge in [-0.05, 0) is 20.8 Å². The van der Waals surface area contributed by atoms with E-state index >= 15 is 0 Å². The molecule has 4 heteroatoms. The molecule has 0 rings (SSSR count). The molecule has 0 atom stereocenters. The molecule has 0 heterocycles. The van der Waals surface area contributed by atoms with Gasteiger partial charge < -0.3 is 9.47 Å². The van der Waals surface area contributed by atoms with Crippen LogP contribution in [-0.4, -0.2) is 25.7 Å². The first-order valence-corrected chi connectivity index (χ1v) is 4.38. The molecular weight excluding hydrogens is 184 g/mol. The molecule has 0 bridgehead atoms. The maximum absolute atomic E-state index is 11.2. The minimum absolute atomic E-state index is 0.321. The summed E-state index contributed by atoms with van der Waals surface area (Å²) in [7, 11) is 1.31. The maximum Gasteiger partial charge on any atom is 0.330 e. The van der Waals surface area contributed by atoms with E-state index in [1.807, 2.05) is 0 Å². The van der Waals surface area contributed by atoms with Crippen LogP contribution in [0.4, 0.5) is 0 Å². The SMILES string of the molecule is CCOC(=O)/C=C\C(C)(C)C(=O)OC. The van der Waals surface area contributed by atoms with Gasteiger partial charge in [0.2, 0.25) is 0 Å². The molecule has 80 valence electrons. The van der Waals surface area contributed by atoms with E-state index in [2.05, 4.69) is 9.47 Å². The van der Waals surface area contributed by atoms with Crippen molar-refractivity contribution >= 4 is 11.9 Å². The second-order valence-electron chi connectivity index (χ2n) is 3.30. The Hall–Kier alpha value is -1.32. The average molecular weight is 200 g/mol. The lowest BCUT2D eigenvalue weighted by atomic mass is 9.93. The van der Waals surface area contributed by atoms with E-state index < -0.39 is 17.4 Å². The van der Waals surface area contributed by atoms with Crippen molar-refractivity contribution in [3.05, 3.63) is 12.2 Å². The van der Waals surface area contributed by atoms with Crippen LogP contribution < -0.4 is 0 Å². The number of esters is 2. The molecule has 0 saturated carbocycles. The van der Waals surface area contributed by atoms with Crippen LogP contribution in [0.25, 0.3) is 0 Å². The highest BCUT2D eigenvalue weighted by atomic mass is 16.5. The molecule has 0 aromatic rings. The van der Waals surface area contributed by atoms with Gasteiger partial charge in [0, 0.05) is 6.08 Å². The lowest BCUT2D eigenvalue weighted by Gasteiger charge is -2.15. The Bertz CT molecular complexity index is 241. The van der Waals surface area contributed by atoms with Gasteiger partial charge in [0.1, 0.15) is 0 Å². The van der Waals surface area contributed by atoms with Gasteiger partial charge in [0.25, 0.3) is 0 Å². The first-order valence-electron chi connectivity index (χ1n) is 4.38. The summed E-state index contributed by atoms with van der Waals surface area (Å²) in [5.41, 5.74) is -0.804. The number of hydrogen-bond acceptors (Lipinski definition) is 4. The summed E-state index contributed by atoms with van der Waals surface area (Å²) < 4.78 is 9.24. The van der Waals surface area contributed by atoms with Crippen molar-refractivity contribution in [1.82, 2.24) is 0 Å². The summed E-state index contributed by atoms with van der Waals surface area (Å²) >= 11 is 0. The molecule has 4 nitrogen and oxygen atoms in total. The highest BCUT2D eigenvalue weighted by molar-refractivity contribution is 5.85. The minimum atomic E-state index is -0.804. The van der Waals surface area contributed by atoms with Gasteiger partial charge in [-0.25, -0.2) is 4.79 Å². The van der Waals surface area contributed by atoms with Crippen LogP contribution in [0.15, 0.2) is 12.2 Å². The molecule has 0 fully saturated rings. The Morgan fingerprint density at radius 3 is 2.36 bits per heavy atom. The van der Waals surface area contributed by atoms with Gasteiger partial charge in [-0.3, -0.25) is 4.79 Å². The van der Waals surface area contributed by atoms with Crippen molar-refractivity contribution in [2.75, 3.05) is 13.7 Å². The first-order chi connectivity index (χ1) is 6.44. The monoisotopic (exact) mass is 200 g/mol. The number of methoxy groups -OCH3 is 1. The van der Waals surface area contributed by atoms with Crippen LogP contribution in [0, 0.1) is 5.41 Å². The smallest absolute Gasteiger partial charge is 0.330 e.